The van der Waals surface area contributed by atoms with Gasteiger partial charge in [0.2, 0.25) is 15.9 Å². The molecule has 0 spiro atoms. The van der Waals surface area contributed by atoms with Gasteiger partial charge in [-0.1, -0.05) is 59.1 Å². The van der Waals surface area contributed by atoms with E-state index in [9.17, 15) is 13.2 Å². The minimum absolute atomic E-state index is 0.0502. The fraction of sp³-hybridized carbons (Fsp3) is 0.174. The van der Waals surface area contributed by atoms with E-state index in [2.05, 4.69) is 5.32 Å². The second-order valence-corrected chi connectivity index (χ2v) is 9.96. The maximum absolute atomic E-state index is 13.3. The third-order valence-corrected chi connectivity index (χ3v) is 7.22. The van der Waals surface area contributed by atoms with Gasteiger partial charge in [-0.15, -0.1) is 0 Å². The molecule has 0 radical (unpaired) electrons. The van der Waals surface area contributed by atoms with Crippen LogP contribution in [0, 0.1) is 13.8 Å². The first kappa shape index (κ1) is 23.3. The summed E-state index contributed by atoms with van der Waals surface area (Å²) in [6.07, 6.45) is 0. The van der Waals surface area contributed by atoms with E-state index in [1.54, 1.807) is 25.1 Å². The van der Waals surface area contributed by atoms with Crippen LogP contribution in [0.3, 0.4) is 0 Å². The van der Waals surface area contributed by atoms with Gasteiger partial charge in [0, 0.05) is 22.3 Å². The summed E-state index contributed by atoms with van der Waals surface area (Å²) in [4.78, 5) is 12.9. The Balaban J connectivity index is 1.90. The number of carbonyl (C=O) groups is 1. The van der Waals surface area contributed by atoms with Crippen molar-refractivity contribution in [3.63, 3.8) is 0 Å². The van der Waals surface area contributed by atoms with Crippen LogP contribution >= 0.6 is 23.2 Å². The Morgan fingerprint density at radius 3 is 2.32 bits per heavy atom. The van der Waals surface area contributed by atoms with Gasteiger partial charge in [0.1, 0.15) is 0 Å². The van der Waals surface area contributed by atoms with Crippen LogP contribution in [0.4, 0.5) is 5.69 Å². The van der Waals surface area contributed by atoms with Gasteiger partial charge in [0.15, 0.2) is 0 Å². The number of amides is 1. The van der Waals surface area contributed by atoms with Crippen LogP contribution < -0.4 is 5.32 Å². The van der Waals surface area contributed by atoms with Crippen molar-refractivity contribution in [1.82, 2.24) is 4.31 Å². The molecule has 0 aliphatic heterocycles. The Labute approximate surface area is 192 Å². The first-order valence-corrected chi connectivity index (χ1v) is 11.7. The molecule has 8 heteroatoms. The van der Waals surface area contributed by atoms with Gasteiger partial charge in [-0.3, -0.25) is 4.79 Å². The number of aryl methyl sites for hydroxylation is 1. The van der Waals surface area contributed by atoms with Crippen LogP contribution in [-0.2, 0) is 21.4 Å². The topological polar surface area (TPSA) is 66.5 Å². The fourth-order valence-electron chi connectivity index (χ4n) is 3.09. The van der Waals surface area contributed by atoms with E-state index >= 15 is 0 Å². The molecule has 3 rings (SSSR count). The first-order chi connectivity index (χ1) is 14.7. The summed E-state index contributed by atoms with van der Waals surface area (Å²) >= 11 is 12.0. The zero-order valence-electron chi connectivity index (χ0n) is 17.1. The monoisotopic (exact) mass is 476 g/mol. The van der Waals surface area contributed by atoms with Crippen LogP contribution in [0.1, 0.15) is 16.7 Å². The Bertz CT molecular complexity index is 1200. The Kier molecular flexibility index (Phi) is 7.38. The van der Waals surface area contributed by atoms with Crippen molar-refractivity contribution in [3.05, 3.63) is 93.5 Å². The molecule has 162 valence electrons. The molecule has 0 aromatic heterocycles. The Hall–Kier alpha value is -2.38. The smallest absolute Gasteiger partial charge is 0.243 e. The van der Waals surface area contributed by atoms with Gasteiger partial charge < -0.3 is 5.32 Å². The van der Waals surface area contributed by atoms with Gasteiger partial charge in [0.05, 0.1) is 11.4 Å². The highest BCUT2D eigenvalue weighted by atomic mass is 35.5. The molecular weight excluding hydrogens is 455 g/mol. The number of rotatable bonds is 7. The predicted octanol–water partition coefficient (Wildman–Crippen LogP) is 5.44. The SMILES string of the molecule is Cc1cccc(CN(CC(=O)Nc2cccc(Cl)c2C)S(=O)(=O)c2ccc(Cl)cc2)c1. The highest BCUT2D eigenvalue weighted by molar-refractivity contribution is 7.89. The molecule has 0 aliphatic carbocycles. The van der Waals surface area contributed by atoms with Crippen molar-refractivity contribution >= 4 is 44.8 Å². The minimum atomic E-state index is -3.95. The predicted molar refractivity (Wildman–Crippen MR) is 125 cm³/mol. The highest BCUT2D eigenvalue weighted by Crippen LogP contribution is 2.24. The largest absolute Gasteiger partial charge is 0.325 e. The molecule has 0 bridgehead atoms. The van der Waals surface area contributed by atoms with E-state index in [0.29, 0.717) is 21.3 Å². The molecule has 31 heavy (non-hydrogen) atoms. The van der Waals surface area contributed by atoms with Gasteiger partial charge in [-0.05, 0) is 61.4 Å². The quantitative estimate of drug-likeness (QED) is 0.493. The lowest BCUT2D eigenvalue weighted by Gasteiger charge is -2.22. The summed E-state index contributed by atoms with van der Waals surface area (Å²) in [5.41, 5.74) is 3.03. The zero-order chi connectivity index (χ0) is 22.6. The van der Waals surface area contributed by atoms with Gasteiger partial charge >= 0.3 is 0 Å². The van der Waals surface area contributed by atoms with Crippen LogP contribution in [0.5, 0.6) is 0 Å². The number of sulfonamides is 1. The first-order valence-electron chi connectivity index (χ1n) is 9.53. The number of nitrogens with one attached hydrogen (secondary N) is 1. The van der Waals surface area contributed by atoms with E-state index in [4.69, 9.17) is 23.2 Å². The van der Waals surface area contributed by atoms with E-state index in [0.717, 1.165) is 15.4 Å². The Morgan fingerprint density at radius 2 is 1.65 bits per heavy atom. The molecule has 0 fully saturated rings. The number of nitrogens with zero attached hydrogens (tertiary/aromatic N) is 1. The second-order valence-electron chi connectivity index (χ2n) is 7.18. The number of halogens is 2. The molecule has 0 aliphatic rings. The molecule has 5 nitrogen and oxygen atoms in total. The third-order valence-electron chi connectivity index (χ3n) is 4.75. The van der Waals surface area contributed by atoms with Crippen molar-refractivity contribution in [2.24, 2.45) is 0 Å². The molecule has 0 saturated heterocycles. The van der Waals surface area contributed by atoms with Crippen molar-refractivity contribution in [3.8, 4) is 0 Å². The summed E-state index contributed by atoms with van der Waals surface area (Å²) in [6, 6.07) is 18.5. The molecule has 1 N–H and O–H groups in total. The van der Waals surface area contributed by atoms with E-state index < -0.39 is 15.9 Å². The fourth-order valence-corrected chi connectivity index (χ4v) is 4.77. The number of benzene rings is 3. The molecule has 0 saturated carbocycles. The van der Waals surface area contributed by atoms with Crippen molar-refractivity contribution < 1.29 is 13.2 Å². The minimum Gasteiger partial charge on any atom is -0.325 e. The Morgan fingerprint density at radius 1 is 0.968 bits per heavy atom. The van der Waals surface area contributed by atoms with E-state index in [1.165, 1.54) is 24.3 Å². The molecule has 0 heterocycles. The van der Waals surface area contributed by atoms with Crippen LogP contribution in [0.2, 0.25) is 10.0 Å². The van der Waals surface area contributed by atoms with Crippen LogP contribution in [0.15, 0.2) is 71.6 Å². The van der Waals surface area contributed by atoms with Gasteiger partial charge in [-0.25, -0.2) is 8.42 Å². The normalized spacial score (nSPS) is 11.5. The average Bonchev–Trinajstić information content (AvgIpc) is 2.71. The number of hydrogen-bond acceptors (Lipinski definition) is 3. The van der Waals surface area contributed by atoms with Gasteiger partial charge in [0.25, 0.3) is 0 Å². The molecule has 0 atom stereocenters. The summed E-state index contributed by atoms with van der Waals surface area (Å²) in [7, 11) is -3.95. The maximum atomic E-state index is 13.3. The lowest BCUT2D eigenvalue weighted by molar-refractivity contribution is -0.116. The van der Waals surface area contributed by atoms with Crippen molar-refractivity contribution in [1.29, 1.82) is 0 Å². The summed E-state index contributed by atoms with van der Waals surface area (Å²) < 4.78 is 27.8. The average molecular weight is 477 g/mol. The second kappa shape index (κ2) is 9.83. The van der Waals surface area contributed by atoms with E-state index in [1.807, 2.05) is 31.2 Å². The standard InChI is InChI=1S/C23H22Cl2N2O3S/c1-16-5-3-6-18(13-16)14-27(31(29,30)20-11-9-19(24)10-12-20)15-23(28)26-22-8-4-7-21(25)17(22)2/h3-13H,14-15H2,1-2H3,(H,26,28). The molecular formula is C23H22Cl2N2O3S. The number of hydrogen-bond donors (Lipinski definition) is 1. The molecule has 3 aromatic rings. The summed E-state index contributed by atoms with van der Waals surface area (Å²) in [6.45, 7) is 3.41. The summed E-state index contributed by atoms with van der Waals surface area (Å²) in [5, 5.41) is 3.71. The van der Waals surface area contributed by atoms with Crippen LogP contribution in [-0.4, -0.2) is 25.2 Å². The highest BCUT2D eigenvalue weighted by Gasteiger charge is 2.27. The van der Waals surface area contributed by atoms with Crippen molar-refractivity contribution in [2.75, 3.05) is 11.9 Å². The van der Waals surface area contributed by atoms with Gasteiger partial charge in [-0.2, -0.15) is 4.31 Å². The maximum Gasteiger partial charge on any atom is 0.243 e. The third kappa shape index (κ3) is 5.86. The summed E-state index contributed by atoms with van der Waals surface area (Å²) in [5.74, 6) is -0.462. The number of anilines is 1. The lowest BCUT2D eigenvalue weighted by Crippen LogP contribution is -2.37. The lowest BCUT2D eigenvalue weighted by atomic mass is 10.1. The van der Waals surface area contributed by atoms with Crippen LogP contribution in [0.25, 0.3) is 0 Å². The molecule has 3 aromatic carbocycles. The molecule has 1 amide bonds. The molecule has 0 unspecified atom stereocenters. The van der Waals surface area contributed by atoms with Crippen molar-refractivity contribution in [2.45, 2.75) is 25.3 Å². The van der Waals surface area contributed by atoms with E-state index in [-0.39, 0.29) is 18.0 Å². The zero-order valence-corrected chi connectivity index (χ0v) is 19.4. The number of carbonyl (C=O) groups excluding carboxylic acids is 1.